The van der Waals surface area contributed by atoms with Gasteiger partial charge in [-0.05, 0) is 6.92 Å². The summed E-state index contributed by atoms with van der Waals surface area (Å²) in [5, 5.41) is 0. The number of rotatable bonds is 3. The van der Waals surface area contributed by atoms with Gasteiger partial charge in [-0.3, -0.25) is 9.59 Å². The first-order chi connectivity index (χ1) is 7.34. The molecule has 0 aliphatic carbocycles. The Hall–Kier alpha value is -1.65. The molecule has 0 fully saturated rings. The summed E-state index contributed by atoms with van der Waals surface area (Å²) in [7, 11) is 0. The second-order valence-corrected chi connectivity index (χ2v) is 3.31. The van der Waals surface area contributed by atoms with Crippen molar-refractivity contribution in [1.82, 2.24) is 0 Å². The molecule has 0 amide bonds. The van der Waals surface area contributed by atoms with Crippen molar-refractivity contribution in [2.24, 2.45) is 5.92 Å². The van der Waals surface area contributed by atoms with Crippen LogP contribution in [-0.2, 0) is 4.79 Å². The standard InChI is InChI=1S/C11H9F3O2/c1-7(10(16)11(12,13)14)9(15)8-5-3-2-4-6-8/h2-7H,1H3. The topological polar surface area (TPSA) is 34.1 Å². The summed E-state index contributed by atoms with van der Waals surface area (Å²) in [5.74, 6) is -4.52. The van der Waals surface area contributed by atoms with Gasteiger partial charge in [0.05, 0.1) is 5.92 Å². The molecule has 1 rings (SSSR count). The summed E-state index contributed by atoms with van der Waals surface area (Å²) in [4.78, 5) is 22.3. The fourth-order valence-corrected chi connectivity index (χ4v) is 1.22. The lowest BCUT2D eigenvalue weighted by Gasteiger charge is -2.11. The highest BCUT2D eigenvalue weighted by atomic mass is 19.4. The fourth-order valence-electron chi connectivity index (χ4n) is 1.22. The van der Waals surface area contributed by atoms with Crippen LogP contribution in [0, 0.1) is 5.92 Å². The molecule has 1 aromatic carbocycles. The lowest BCUT2D eigenvalue weighted by molar-refractivity contribution is -0.173. The van der Waals surface area contributed by atoms with Crippen molar-refractivity contribution in [1.29, 1.82) is 0 Å². The van der Waals surface area contributed by atoms with Crippen molar-refractivity contribution in [3.63, 3.8) is 0 Å². The zero-order chi connectivity index (χ0) is 12.3. The molecule has 0 aliphatic rings. The van der Waals surface area contributed by atoms with Crippen molar-refractivity contribution < 1.29 is 22.8 Å². The summed E-state index contributed by atoms with van der Waals surface area (Å²) in [6.07, 6.45) is -4.97. The average molecular weight is 230 g/mol. The van der Waals surface area contributed by atoms with Gasteiger partial charge >= 0.3 is 6.18 Å². The van der Waals surface area contributed by atoms with Crippen LogP contribution in [0.5, 0.6) is 0 Å². The van der Waals surface area contributed by atoms with E-state index in [0.717, 1.165) is 6.92 Å². The molecule has 0 saturated carbocycles. The van der Waals surface area contributed by atoms with E-state index in [0.29, 0.717) is 0 Å². The Balaban J connectivity index is 2.88. The maximum absolute atomic E-state index is 12.1. The number of Topliss-reactive ketones (excluding diaryl/α,β-unsaturated/α-hetero) is 2. The highest BCUT2D eigenvalue weighted by Gasteiger charge is 2.44. The maximum atomic E-state index is 12.1. The van der Waals surface area contributed by atoms with Crippen LogP contribution in [0.3, 0.4) is 0 Å². The lowest BCUT2D eigenvalue weighted by atomic mass is 9.95. The van der Waals surface area contributed by atoms with Crippen LogP contribution < -0.4 is 0 Å². The molecule has 1 aromatic rings. The summed E-state index contributed by atoms with van der Waals surface area (Å²) >= 11 is 0. The van der Waals surface area contributed by atoms with E-state index in [-0.39, 0.29) is 5.56 Å². The number of carbonyl (C=O) groups is 2. The predicted octanol–water partition coefficient (Wildman–Crippen LogP) is 2.64. The zero-order valence-electron chi connectivity index (χ0n) is 8.41. The SMILES string of the molecule is CC(C(=O)c1ccccc1)C(=O)C(F)(F)F. The van der Waals surface area contributed by atoms with Crippen molar-refractivity contribution in [2.45, 2.75) is 13.1 Å². The Kier molecular flexibility index (Phi) is 3.47. The Morgan fingerprint density at radius 2 is 1.62 bits per heavy atom. The first-order valence-electron chi connectivity index (χ1n) is 4.54. The summed E-state index contributed by atoms with van der Waals surface area (Å²) in [6, 6.07) is 7.44. The molecular formula is C11H9F3O2. The Morgan fingerprint density at radius 3 is 2.06 bits per heavy atom. The molecule has 0 saturated heterocycles. The molecule has 0 bridgehead atoms. The van der Waals surface area contributed by atoms with E-state index in [1.54, 1.807) is 6.07 Å². The third-order valence-electron chi connectivity index (χ3n) is 2.12. The highest BCUT2D eigenvalue weighted by molar-refractivity contribution is 6.11. The van der Waals surface area contributed by atoms with E-state index < -0.39 is 23.7 Å². The van der Waals surface area contributed by atoms with Crippen LogP contribution in [0.15, 0.2) is 30.3 Å². The van der Waals surface area contributed by atoms with Gasteiger partial charge < -0.3 is 0 Å². The molecule has 0 aromatic heterocycles. The van der Waals surface area contributed by atoms with Gasteiger partial charge in [0.15, 0.2) is 5.78 Å². The molecule has 0 radical (unpaired) electrons. The molecule has 5 heteroatoms. The number of benzene rings is 1. The molecule has 0 aliphatic heterocycles. The first-order valence-corrected chi connectivity index (χ1v) is 4.54. The highest BCUT2D eigenvalue weighted by Crippen LogP contribution is 2.23. The van der Waals surface area contributed by atoms with E-state index >= 15 is 0 Å². The largest absolute Gasteiger partial charge is 0.450 e. The molecule has 0 spiro atoms. The van der Waals surface area contributed by atoms with Crippen LogP contribution in [0.2, 0.25) is 0 Å². The van der Waals surface area contributed by atoms with Gasteiger partial charge in [-0.25, -0.2) is 0 Å². The lowest BCUT2D eigenvalue weighted by Crippen LogP contribution is -2.33. The Morgan fingerprint density at radius 1 is 1.12 bits per heavy atom. The van der Waals surface area contributed by atoms with Gasteiger partial charge in [-0.1, -0.05) is 30.3 Å². The van der Waals surface area contributed by atoms with Gasteiger partial charge in [0.2, 0.25) is 5.78 Å². The van der Waals surface area contributed by atoms with Crippen LogP contribution in [0.4, 0.5) is 13.2 Å². The van der Waals surface area contributed by atoms with E-state index in [1.165, 1.54) is 24.3 Å². The van der Waals surface area contributed by atoms with Crippen LogP contribution >= 0.6 is 0 Å². The third kappa shape index (κ3) is 2.68. The smallest absolute Gasteiger partial charge is 0.293 e. The van der Waals surface area contributed by atoms with Gasteiger partial charge in [-0.15, -0.1) is 0 Å². The number of hydrogen-bond donors (Lipinski definition) is 0. The molecule has 16 heavy (non-hydrogen) atoms. The molecule has 1 unspecified atom stereocenters. The number of alkyl halides is 3. The Bertz CT molecular complexity index is 395. The second kappa shape index (κ2) is 4.47. The van der Waals surface area contributed by atoms with Crippen LogP contribution in [0.25, 0.3) is 0 Å². The summed E-state index contributed by atoms with van der Waals surface area (Å²) < 4.78 is 36.2. The molecule has 2 nitrogen and oxygen atoms in total. The minimum Gasteiger partial charge on any atom is -0.293 e. The monoisotopic (exact) mass is 230 g/mol. The number of hydrogen-bond acceptors (Lipinski definition) is 2. The molecule has 0 heterocycles. The molecule has 0 N–H and O–H groups in total. The number of halogens is 3. The fraction of sp³-hybridized carbons (Fsp3) is 0.273. The minimum atomic E-state index is -4.97. The van der Waals surface area contributed by atoms with E-state index in [9.17, 15) is 22.8 Å². The van der Waals surface area contributed by atoms with E-state index in [4.69, 9.17) is 0 Å². The maximum Gasteiger partial charge on any atom is 0.450 e. The first kappa shape index (κ1) is 12.4. The van der Waals surface area contributed by atoms with Crippen LogP contribution in [0.1, 0.15) is 17.3 Å². The van der Waals surface area contributed by atoms with Gasteiger partial charge in [0, 0.05) is 5.56 Å². The van der Waals surface area contributed by atoms with E-state index in [1.807, 2.05) is 0 Å². The van der Waals surface area contributed by atoms with Crippen molar-refractivity contribution >= 4 is 11.6 Å². The number of ketones is 2. The third-order valence-corrected chi connectivity index (χ3v) is 2.12. The predicted molar refractivity (Wildman–Crippen MR) is 51.0 cm³/mol. The Labute approximate surface area is 90.1 Å². The average Bonchev–Trinajstić information content (AvgIpc) is 2.26. The van der Waals surface area contributed by atoms with Crippen molar-refractivity contribution in [3.05, 3.63) is 35.9 Å². The van der Waals surface area contributed by atoms with Gasteiger partial charge in [-0.2, -0.15) is 13.2 Å². The minimum absolute atomic E-state index is 0.104. The quantitative estimate of drug-likeness (QED) is 0.590. The van der Waals surface area contributed by atoms with E-state index in [2.05, 4.69) is 0 Å². The molecule has 86 valence electrons. The van der Waals surface area contributed by atoms with Gasteiger partial charge in [0.1, 0.15) is 0 Å². The van der Waals surface area contributed by atoms with Gasteiger partial charge in [0.25, 0.3) is 0 Å². The summed E-state index contributed by atoms with van der Waals surface area (Å²) in [6.45, 7) is 0.963. The zero-order valence-corrected chi connectivity index (χ0v) is 8.41. The number of carbonyl (C=O) groups excluding carboxylic acids is 2. The van der Waals surface area contributed by atoms with Crippen LogP contribution in [-0.4, -0.2) is 17.7 Å². The summed E-state index contributed by atoms with van der Waals surface area (Å²) in [5.41, 5.74) is 0.104. The molecule has 1 atom stereocenters. The van der Waals surface area contributed by atoms with Crippen molar-refractivity contribution in [3.8, 4) is 0 Å². The molecular weight excluding hydrogens is 221 g/mol. The van der Waals surface area contributed by atoms with Crippen molar-refractivity contribution in [2.75, 3.05) is 0 Å². The normalized spacial score (nSPS) is 13.2. The second-order valence-electron chi connectivity index (χ2n) is 3.31.